The third-order valence-electron chi connectivity index (χ3n) is 3.61. The monoisotopic (exact) mass is 373 g/mol. The Kier molecular flexibility index (Phi) is 7.23. The fourth-order valence-corrected chi connectivity index (χ4v) is 2.59. The zero-order valence-electron chi connectivity index (χ0n) is 15.1. The topological polar surface area (TPSA) is 71.6 Å². The molecule has 0 heterocycles. The van der Waals surface area contributed by atoms with E-state index in [0.717, 1.165) is 23.4 Å². The van der Waals surface area contributed by atoms with Crippen molar-refractivity contribution in [3.8, 4) is 11.5 Å². The van der Waals surface area contributed by atoms with Gasteiger partial charge in [0.25, 0.3) is 0 Å². The van der Waals surface area contributed by atoms with Crippen LogP contribution in [-0.2, 0) is 11.2 Å². The number of ether oxygens (including phenoxy) is 2. The lowest BCUT2D eigenvalue weighted by Gasteiger charge is -2.12. The van der Waals surface area contributed by atoms with E-state index in [1.807, 2.05) is 42.5 Å². The van der Waals surface area contributed by atoms with Crippen molar-refractivity contribution >= 4 is 34.6 Å². The first-order chi connectivity index (χ1) is 12.5. The summed E-state index contributed by atoms with van der Waals surface area (Å²) in [4.78, 5) is 11.0. The fourth-order valence-electron chi connectivity index (χ4n) is 2.37. The Bertz CT molecular complexity index is 763. The summed E-state index contributed by atoms with van der Waals surface area (Å²) in [5.74, 6) is 1.33. The van der Waals surface area contributed by atoms with E-state index in [-0.39, 0.29) is 5.91 Å². The van der Waals surface area contributed by atoms with E-state index in [2.05, 4.69) is 16.0 Å². The molecule has 1 amide bonds. The fraction of sp³-hybridized carbons (Fsp3) is 0.263. The van der Waals surface area contributed by atoms with Crippen molar-refractivity contribution in [2.45, 2.75) is 13.3 Å². The first-order valence-electron chi connectivity index (χ1n) is 8.15. The Hall–Kier alpha value is -2.80. The zero-order chi connectivity index (χ0) is 18.9. The Morgan fingerprint density at radius 2 is 1.58 bits per heavy atom. The molecular weight excluding hydrogens is 350 g/mol. The van der Waals surface area contributed by atoms with Crippen molar-refractivity contribution in [1.29, 1.82) is 0 Å². The van der Waals surface area contributed by atoms with Crippen LogP contribution in [0.3, 0.4) is 0 Å². The van der Waals surface area contributed by atoms with Gasteiger partial charge in [-0.1, -0.05) is 6.07 Å². The standard InChI is InChI=1S/C19H23N3O3S/c1-13(23)21-15-5-7-16(8-6-15)22-19(26)20-11-10-14-4-9-17(24-2)18(12-14)25-3/h4-9,12H,10-11H2,1-3H3,(H,21,23)(H2,20,22,26). The highest BCUT2D eigenvalue weighted by atomic mass is 32.1. The molecule has 0 atom stereocenters. The number of hydrogen-bond acceptors (Lipinski definition) is 4. The minimum absolute atomic E-state index is 0.0990. The normalized spacial score (nSPS) is 9.96. The Morgan fingerprint density at radius 3 is 2.15 bits per heavy atom. The lowest BCUT2D eigenvalue weighted by molar-refractivity contribution is -0.114. The second kappa shape index (κ2) is 9.62. The molecule has 0 aromatic heterocycles. The molecule has 0 bridgehead atoms. The van der Waals surface area contributed by atoms with Crippen LogP contribution < -0.4 is 25.4 Å². The number of hydrogen-bond donors (Lipinski definition) is 3. The number of thiocarbonyl (C=S) groups is 1. The average molecular weight is 373 g/mol. The van der Waals surface area contributed by atoms with Gasteiger partial charge in [0, 0.05) is 24.8 Å². The summed E-state index contributed by atoms with van der Waals surface area (Å²) in [6, 6.07) is 13.2. The van der Waals surface area contributed by atoms with Gasteiger partial charge in [-0.15, -0.1) is 0 Å². The summed E-state index contributed by atoms with van der Waals surface area (Å²) in [6.07, 6.45) is 0.795. The van der Waals surface area contributed by atoms with E-state index in [0.29, 0.717) is 23.2 Å². The van der Waals surface area contributed by atoms with Gasteiger partial charge in [0.15, 0.2) is 16.6 Å². The number of methoxy groups -OCH3 is 2. The van der Waals surface area contributed by atoms with Crippen LogP contribution in [0.5, 0.6) is 11.5 Å². The molecule has 3 N–H and O–H groups in total. The molecular formula is C19H23N3O3S. The number of carbonyl (C=O) groups is 1. The molecule has 0 spiro atoms. The molecule has 6 nitrogen and oxygen atoms in total. The predicted molar refractivity (Wildman–Crippen MR) is 108 cm³/mol. The van der Waals surface area contributed by atoms with Crippen LogP contribution in [0.4, 0.5) is 11.4 Å². The van der Waals surface area contributed by atoms with Gasteiger partial charge in [-0.3, -0.25) is 4.79 Å². The van der Waals surface area contributed by atoms with Crippen LogP contribution in [0.2, 0.25) is 0 Å². The Balaban J connectivity index is 1.81. The Labute approximate surface area is 158 Å². The summed E-state index contributed by atoms with van der Waals surface area (Å²) in [6.45, 7) is 2.16. The molecule has 2 rings (SSSR count). The summed E-state index contributed by atoms with van der Waals surface area (Å²) in [5.41, 5.74) is 2.72. The van der Waals surface area contributed by atoms with Gasteiger partial charge in [0.05, 0.1) is 14.2 Å². The number of benzene rings is 2. The van der Waals surface area contributed by atoms with E-state index in [1.54, 1.807) is 14.2 Å². The Morgan fingerprint density at radius 1 is 0.962 bits per heavy atom. The first kappa shape index (κ1) is 19.5. The number of rotatable bonds is 7. The van der Waals surface area contributed by atoms with Crippen molar-refractivity contribution < 1.29 is 14.3 Å². The number of amides is 1. The van der Waals surface area contributed by atoms with Gasteiger partial charge < -0.3 is 25.4 Å². The van der Waals surface area contributed by atoms with Gasteiger partial charge in [-0.2, -0.15) is 0 Å². The molecule has 0 radical (unpaired) electrons. The van der Waals surface area contributed by atoms with Crippen LogP contribution in [0.15, 0.2) is 42.5 Å². The highest BCUT2D eigenvalue weighted by Gasteiger charge is 2.05. The maximum absolute atomic E-state index is 11.0. The van der Waals surface area contributed by atoms with E-state index >= 15 is 0 Å². The minimum Gasteiger partial charge on any atom is -0.493 e. The largest absolute Gasteiger partial charge is 0.493 e. The van der Waals surface area contributed by atoms with E-state index in [1.165, 1.54) is 6.92 Å². The molecule has 0 unspecified atom stereocenters. The maximum Gasteiger partial charge on any atom is 0.221 e. The highest BCUT2D eigenvalue weighted by Crippen LogP contribution is 2.27. The third kappa shape index (κ3) is 5.93. The van der Waals surface area contributed by atoms with E-state index in [9.17, 15) is 4.79 Å². The quantitative estimate of drug-likeness (QED) is 0.648. The smallest absolute Gasteiger partial charge is 0.221 e. The summed E-state index contributed by atoms with van der Waals surface area (Å²) in [7, 11) is 3.24. The summed E-state index contributed by atoms with van der Waals surface area (Å²) < 4.78 is 10.5. The molecule has 0 saturated heterocycles. The van der Waals surface area contributed by atoms with Gasteiger partial charge >= 0.3 is 0 Å². The summed E-state index contributed by atoms with van der Waals surface area (Å²) in [5, 5.41) is 9.54. The molecule has 0 fully saturated rings. The summed E-state index contributed by atoms with van der Waals surface area (Å²) >= 11 is 5.31. The van der Waals surface area contributed by atoms with Crippen molar-refractivity contribution in [2.24, 2.45) is 0 Å². The van der Waals surface area contributed by atoms with Crippen LogP contribution in [-0.4, -0.2) is 31.8 Å². The van der Waals surface area contributed by atoms with Crippen LogP contribution in [0.1, 0.15) is 12.5 Å². The molecule has 0 aliphatic rings. The molecule has 138 valence electrons. The zero-order valence-corrected chi connectivity index (χ0v) is 15.9. The van der Waals surface area contributed by atoms with Gasteiger partial charge in [0.2, 0.25) is 5.91 Å². The van der Waals surface area contributed by atoms with Crippen LogP contribution >= 0.6 is 12.2 Å². The van der Waals surface area contributed by atoms with Crippen molar-refractivity contribution in [3.05, 3.63) is 48.0 Å². The van der Waals surface area contributed by atoms with Crippen molar-refractivity contribution in [1.82, 2.24) is 5.32 Å². The van der Waals surface area contributed by atoms with Crippen molar-refractivity contribution in [3.63, 3.8) is 0 Å². The lowest BCUT2D eigenvalue weighted by Crippen LogP contribution is -2.30. The maximum atomic E-state index is 11.0. The second-order valence-electron chi connectivity index (χ2n) is 5.58. The number of anilines is 2. The molecule has 0 aliphatic heterocycles. The molecule has 2 aromatic rings. The van der Waals surface area contributed by atoms with Crippen molar-refractivity contribution in [2.75, 3.05) is 31.4 Å². The molecule has 0 aliphatic carbocycles. The average Bonchev–Trinajstić information content (AvgIpc) is 2.62. The van der Waals surface area contributed by atoms with Gasteiger partial charge in [0.1, 0.15) is 0 Å². The highest BCUT2D eigenvalue weighted by molar-refractivity contribution is 7.80. The molecule has 26 heavy (non-hydrogen) atoms. The lowest BCUT2D eigenvalue weighted by atomic mass is 10.1. The SMILES string of the molecule is COc1ccc(CCNC(=S)Nc2ccc(NC(C)=O)cc2)cc1OC. The first-order valence-corrected chi connectivity index (χ1v) is 8.56. The minimum atomic E-state index is -0.0990. The molecule has 7 heteroatoms. The molecule has 0 saturated carbocycles. The van der Waals surface area contributed by atoms with E-state index < -0.39 is 0 Å². The number of carbonyl (C=O) groups excluding carboxylic acids is 1. The molecule has 2 aromatic carbocycles. The van der Waals surface area contributed by atoms with Crippen LogP contribution in [0, 0.1) is 0 Å². The predicted octanol–water partition coefficient (Wildman–Crippen LogP) is 3.19. The van der Waals surface area contributed by atoms with Gasteiger partial charge in [-0.25, -0.2) is 0 Å². The van der Waals surface area contributed by atoms with Crippen LogP contribution in [0.25, 0.3) is 0 Å². The van der Waals surface area contributed by atoms with E-state index in [4.69, 9.17) is 21.7 Å². The van der Waals surface area contributed by atoms with Gasteiger partial charge in [-0.05, 0) is 60.6 Å². The number of nitrogens with one attached hydrogen (secondary N) is 3. The second-order valence-corrected chi connectivity index (χ2v) is 5.99. The third-order valence-corrected chi connectivity index (χ3v) is 3.86.